The third-order valence-electron chi connectivity index (χ3n) is 8.50. The third kappa shape index (κ3) is 2.54. The normalized spacial score (nSPS) is 16.5. The molecule has 39 heavy (non-hydrogen) atoms. The van der Waals surface area contributed by atoms with Gasteiger partial charge in [-0.3, -0.25) is 4.98 Å². The molecule has 9 rings (SSSR count). The van der Waals surface area contributed by atoms with Crippen LogP contribution in [0.3, 0.4) is 0 Å². The molecule has 0 bridgehead atoms. The summed E-state index contributed by atoms with van der Waals surface area (Å²) in [6.07, 6.45) is 1.91. The van der Waals surface area contributed by atoms with Crippen LogP contribution < -0.4 is 4.74 Å². The van der Waals surface area contributed by atoms with E-state index in [0.29, 0.717) is 0 Å². The summed E-state index contributed by atoms with van der Waals surface area (Å²) in [5.74, 6) is 1.74. The first-order valence-electron chi connectivity index (χ1n) is 13.3. The van der Waals surface area contributed by atoms with E-state index in [9.17, 15) is 0 Å². The maximum Gasteiger partial charge on any atom is 0.134 e. The van der Waals surface area contributed by atoms with Gasteiger partial charge in [-0.2, -0.15) is 0 Å². The number of rotatable bonds is 1. The first kappa shape index (κ1) is 20.9. The minimum atomic E-state index is -0.545. The Hall–Kier alpha value is -5.15. The van der Waals surface area contributed by atoms with Crippen molar-refractivity contribution in [1.82, 2.24) is 9.55 Å². The second-order valence-electron chi connectivity index (χ2n) is 10.3. The average molecular weight is 499 g/mol. The molecule has 2 aromatic heterocycles. The second-order valence-corrected chi connectivity index (χ2v) is 10.3. The molecule has 0 saturated heterocycles. The van der Waals surface area contributed by atoms with E-state index in [1.807, 2.05) is 12.3 Å². The monoisotopic (exact) mass is 498 g/mol. The Morgan fingerprint density at radius 1 is 0.538 bits per heavy atom. The zero-order chi connectivity index (χ0) is 25.6. The Morgan fingerprint density at radius 2 is 1.18 bits per heavy atom. The van der Waals surface area contributed by atoms with E-state index in [2.05, 4.69) is 126 Å². The van der Waals surface area contributed by atoms with Gasteiger partial charge in [-0.1, -0.05) is 91.0 Å². The van der Waals surface area contributed by atoms with Crippen molar-refractivity contribution in [1.29, 1.82) is 0 Å². The van der Waals surface area contributed by atoms with E-state index >= 15 is 0 Å². The van der Waals surface area contributed by atoms with Crippen molar-refractivity contribution in [3.63, 3.8) is 0 Å². The number of para-hydroxylation sites is 3. The van der Waals surface area contributed by atoms with E-state index in [0.717, 1.165) is 34.0 Å². The Bertz CT molecular complexity index is 2020. The first-order valence-corrected chi connectivity index (χ1v) is 13.3. The molecule has 3 heteroatoms. The Kier molecular flexibility index (Phi) is 3.99. The zero-order valence-electron chi connectivity index (χ0n) is 21.0. The fraction of sp³-hybridized carbons (Fsp3) is 0.0278. The van der Waals surface area contributed by atoms with E-state index in [1.54, 1.807) is 0 Å². The van der Waals surface area contributed by atoms with Crippen molar-refractivity contribution in [3.05, 3.63) is 156 Å². The van der Waals surface area contributed by atoms with Gasteiger partial charge in [0.15, 0.2) is 0 Å². The lowest BCUT2D eigenvalue weighted by Gasteiger charge is -2.38. The summed E-state index contributed by atoms with van der Waals surface area (Å²) < 4.78 is 9.06. The summed E-state index contributed by atoms with van der Waals surface area (Å²) in [5.41, 5.74) is 9.88. The number of pyridine rings is 1. The van der Waals surface area contributed by atoms with Crippen molar-refractivity contribution in [2.45, 2.75) is 5.41 Å². The van der Waals surface area contributed by atoms with Gasteiger partial charge < -0.3 is 9.30 Å². The van der Waals surface area contributed by atoms with Crippen LogP contribution in [0.25, 0.3) is 38.6 Å². The molecule has 3 nitrogen and oxygen atoms in total. The van der Waals surface area contributed by atoms with E-state index in [-0.39, 0.29) is 0 Å². The standard InChI is InChI=1S/C36H22N2O/c1-4-14-28-24(10-1)27-13-9-21-37-35(27)36(28)29-15-5-8-18-33(29)39-34-22-23(19-20-30(34)36)38-31-16-6-2-11-25(31)26-12-3-7-17-32(26)38/h1-22H. The number of fused-ring (bicyclic) bond motifs is 12. The number of aromatic nitrogens is 2. The van der Waals surface area contributed by atoms with Crippen molar-refractivity contribution >= 4 is 21.8 Å². The van der Waals surface area contributed by atoms with E-state index < -0.39 is 5.41 Å². The molecule has 3 heterocycles. The molecular formula is C36H22N2O. The lowest BCUT2D eigenvalue weighted by Crippen LogP contribution is -2.33. The fourth-order valence-corrected chi connectivity index (χ4v) is 7.01. The lowest BCUT2D eigenvalue weighted by molar-refractivity contribution is 0.434. The summed E-state index contributed by atoms with van der Waals surface area (Å²) in [6.45, 7) is 0. The van der Waals surface area contributed by atoms with Crippen LogP contribution in [0.2, 0.25) is 0 Å². The van der Waals surface area contributed by atoms with Gasteiger partial charge in [-0.05, 0) is 41.5 Å². The maximum atomic E-state index is 6.72. The van der Waals surface area contributed by atoms with Crippen LogP contribution in [0.1, 0.15) is 22.4 Å². The number of ether oxygens (including phenoxy) is 1. The molecule has 1 aliphatic carbocycles. The van der Waals surface area contributed by atoms with Crippen molar-refractivity contribution in [3.8, 4) is 28.3 Å². The fourth-order valence-electron chi connectivity index (χ4n) is 7.01. The number of nitrogens with zero attached hydrogens (tertiary/aromatic N) is 2. The molecule has 0 radical (unpaired) electrons. The Labute approximate surface area is 225 Å². The Balaban J connectivity index is 1.38. The maximum absolute atomic E-state index is 6.72. The molecule has 0 N–H and O–H groups in total. The van der Waals surface area contributed by atoms with Gasteiger partial charge in [0, 0.05) is 45.4 Å². The highest BCUT2D eigenvalue weighted by Crippen LogP contribution is 2.61. The first-order chi connectivity index (χ1) is 19.4. The van der Waals surface area contributed by atoms with Crippen LogP contribution in [0.15, 0.2) is 134 Å². The van der Waals surface area contributed by atoms with Gasteiger partial charge in [-0.15, -0.1) is 0 Å². The number of hydrogen-bond acceptors (Lipinski definition) is 2. The summed E-state index contributed by atoms with van der Waals surface area (Å²) >= 11 is 0. The van der Waals surface area contributed by atoms with Gasteiger partial charge in [0.1, 0.15) is 11.5 Å². The molecule has 1 unspecified atom stereocenters. The predicted octanol–water partition coefficient (Wildman–Crippen LogP) is 8.65. The molecule has 0 amide bonds. The smallest absolute Gasteiger partial charge is 0.134 e. The minimum Gasteiger partial charge on any atom is -0.457 e. The van der Waals surface area contributed by atoms with Crippen LogP contribution in [-0.4, -0.2) is 9.55 Å². The van der Waals surface area contributed by atoms with Gasteiger partial charge in [0.05, 0.1) is 22.1 Å². The van der Waals surface area contributed by atoms with Crippen LogP contribution in [0, 0.1) is 0 Å². The highest BCUT2D eigenvalue weighted by Gasteiger charge is 2.52. The molecule has 1 atom stereocenters. The predicted molar refractivity (Wildman–Crippen MR) is 156 cm³/mol. The van der Waals surface area contributed by atoms with Gasteiger partial charge >= 0.3 is 0 Å². The molecule has 1 spiro atoms. The summed E-state index contributed by atoms with van der Waals surface area (Å²) in [5, 5.41) is 2.49. The van der Waals surface area contributed by atoms with Crippen LogP contribution in [-0.2, 0) is 5.41 Å². The number of hydrogen-bond donors (Lipinski definition) is 0. The van der Waals surface area contributed by atoms with Crippen LogP contribution in [0.5, 0.6) is 11.5 Å². The molecule has 0 fully saturated rings. The third-order valence-corrected chi connectivity index (χ3v) is 8.50. The second kappa shape index (κ2) is 7.46. The van der Waals surface area contributed by atoms with Crippen LogP contribution >= 0.6 is 0 Å². The van der Waals surface area contributed by atoms with Crippen molar-refractivity contribution in [2.24, 2.45) is 0 Å². The molecule has 1 aliphatic heterocycles. The molecule has 2 aliphatic rings. The lowest BCUT2D eigenvalue weighted by atomic mass is 9.67. The quantitative estimate of drug-likeness (QED) is 0.226. The average Bonchev–Trinajstić information content (AvgIpc) is 3.49. The molecule has 5 aromatic carbocycles. The minimum absolute atomic E-state index is 0.545. The van der Waals surface area contributed by atoms with Gasteiger partial charge in [-0.25, -0.2) is 0 Å². The summed E-state index contributed by atoms with van der Waals surface area (Å²) in [6, 6.07) is 45.3. The van der Waals surface area contributed by atoms with Crippen molar-refractivity contribution in [2.75, 3.05) is 0 Å². The SMILES string of the molecule is c1ccc2c(c1)Oc1cc(-n3c4ccccc4c4ccccc43)ccc1C21c2ccccc2-c2cccnc21. The van der Waals surface area contributed by atoms with Crippen LogP contribution in [0.4, 0.5) is 0 Å². The molecular weight excluding hydrogens is 476 g/mol. The number of benzene rings is 5. The highest BCUT2D eigenvalue weighted by molar-refractivity contribution is 6.09. The van der Waals surface area contributed by atoms with Gasteiger partial charge in [0.2, 0.25) is 0 Å². The van der Waals surface area contributed by atoms with E-state index in [4.69, 9.17) is 9.72 Å². The van der Waals surface area contributed by atoms with E-state index in [1.165, 1.54) is 38.5 Å². The highest BCUT2D eigenvalue weighted by atomic mass is 16.5. The largest absolute Gasteiger partial charge is 0.457 e. The summed E-state index contributed by atoms with van der Waals surface area (Å²) in [7, 11) is 0. The molecule has 0 saturated carbocycles. The molecule has 182 valence electrons. The van der Waals surface area contributed by atoms with Gasteiger partial charge in [0.25, 0.3) is 0 Å². The summed E-state index contributed by atoms with van der Waals surface area (Å²) in [4.78, 5) is 5.04. The zero-order valence-corrected chi connectivity index (χ0v) is 21.0. The Morgan fingerprint density at radius 3 is 2.00 bits per heavy atom. The topological polar surface area (TPSA) is 27.1 Å². The van der Waals surface area contributed by atoms with Crippen molar-refractivity contribution < 1.29 is 4.74 Å². The molecule has 7 aromatic rings.